The summed E-state index contributed by atoms with van der Waals surface area (Å²) in [7, 11) is 2.14. The van der Waals surface area contributed by atoms with Crippen LogP contribution in [0.15, 0.2) is 18.2 Å². The van der Waals surface area contributed by atoms with Gasteiger partial charge in [-0.1, -0.05) is 0 Å². The molecule has 0 radical (unpaired) electrons. The average Bonchev–Trinajstić information content (AvgIpc) is 3.11. The Morgan fingerprint density at radius 1 is 1.44 bits per heavy atom. The van der Waals surface area contributed by atoms with Crippen molar-refractivity contribution in [3.63, 3.8) is 0 Å². The lowest BCUT2D eigenvalue weighted by molar-refractivity contribution is 0.112. The Labute approximate surface area is 97.3 Å². The minimum absolute atomic E-state index is 0.599. The zero-order valence-electron chi connectivity index (χ0n) is 10.2. The van der Waals surface area contributed by atoms with Crippen LogP contribution in [0.25, 0.3) is 0 Å². The molecule has 0 N–H and O–H groups in total. The number of nitrogens with zero attached hydrogens (tertiary/aromatic N) is 1. The molecule has 86 valence electrons. The molecule has 0 amide bonds. The zero-order valence-corrected chi connectivity index (χ0v) is 10.2. The van der Waals surface area contributed by atoms with E-state index in [0.29, 0.717) is 6.04 Å². The number of hydrogen-bond acceptors (Lipinski definition) is 2. The third kappa shape index (κ3) is 2.11. The molecule has 0 bridgehead atoms. The number of aldehydes is 1. The molecule has 1 unspecified atom stereocenters. The molecule has 0 saturated heterocycles. The molecule has 1 atom stereocenters. The molecule has 1 aliphatic carbocycles. The number of benzene rings is 1. The van der Waals surface area contributed by atoms with Crippen LogP contribution in [0.2, 0.25) is 0 Å². The smallest absolute Gasteiger partial charge is 0.150 e. The van der Waals surface area contributed by atoms with Crippen LogP contribution < -0.4 is 4.90 Å². The summed E-state index contributed by atoms with van der Waals surface area (Å²) in [6, 6.07) is 6.65. The second-order valence-electron chi connectivity index (χ2n) is 4.85. The number of carbonyl (C=O) groups is 1. The summed E-state index contributed by atoms with van der Waals surface area (Å²) < 4.78 is 0. The fourth-order valence-corrected chi connectivity index (χ4v) is 2.14. The molecule has 1 aromatic rings. The van der Waals surface area contributed by atoms with E-state index >= 15 is 0 Å². The summed E-state index contributed by atoms with van der Waals surface area (Å²) in [4.78, 5) is 13.1. The second-order valence-corrected chi connectivity index (χ2v) is 4.85. The molecule has 0 heterocycles. The monoisotopic (exact) mass is 217 g/mol. The molecule has 1 aromatic carbocycles. The van der Waals surface area contributed by atoms with Crippen molar-refractivity contribution in [3.05, 3.63) is 29.3 Å². The molecule has 0 aromatic heterocycles. The first-order valence-corrected chi connectivity index (χ1v) is 5.92. The van der Waals surface area contributed by atoms with E-state index in [2.05, 4.69) is 24.9 Å². The highest BCUT2D eigenvalue weighted by atomic mass is 16.1. The summed E-state index contributed by atoms with van der Waals surface area (Å²) >= 11 is 0. The van der Waals surface area contributed by atoms with E-state index in [1.807, 2.05) is 19.1 Å². The quantitative estimate of drug-likeness (QED) is 0.722. The Morgan fingerprint density at radius 2 is 2.12 bits per heavy atom. The Kier molecular flexibility index (Phi) is 2.99. The van der Waals surface area contributed by atoms with Crippen molar-refractivity contribution >= 4 is 12.0 Å². The van der Waals surface area contributed by atoms with Gasteiger partial charge in [0.15, 0.2) is 0 Å². The maximum absolute atomic E-state index is 10.7. The molecular formula is C14H19NO. The van der Waals surface area contributed by atoms with Crippen LogP contribution in [0.3, 0.4) is 0 Å². The van der Waals surface area contributed by atoms with E-state index in [1.165, 1.54) is 18.5 Å². The Bertz CT molecular complexity index is 396. The lowest BCUT2D eigenvalue weighted by Gasteiger charge is -2.27. The molecule has 2 heteroatoms. The highest BCUT2D eigenvalue weighted by Gasteiger charge is 2.30. The predicted octanol–water partition coefficient (Wildman–Crippen LogP) is 3.04. The third-order valence-corrected chi connectivity index (χ3v) is 3.70. The van der Waals surface area contributed by atoms with E-state index < -0.39 is 0 Å². The van der Waals surface area contributed by atoms with Gasteiger partial charge in [0, 0.05) is 24.3 Å². The van der Waals surface area contributed by atoms with Gasteiger partial charge in [0.25, 0.3) is 0 Å². The van der Waals surface area contributed by atoms with Crippen LogP contribution in [0, 0.1) is 12.8 Å². The van der Waals surface area contributed by atoms with E-state index in [9.17, 15) is 4.79 Å². The van der Waals surface area contributed by atoms with Crippen molar-refractivity contribution in [2.75, 3.05) is 11.9 Å². The minimum atomic E-state index is 0.599. The minimum Gasteiger partial charge on any atom is -0.372 e. The van der Waals surface area contributed by atoms with Gasteiger partial charge in [0.1, 0.15) is 6.29 Å². The molecule has 0 spiro atoms. The lowest BCUT2D eigenvalue weighted by Crippen LogP contribution is -2.30. The molecule has 0 aliphatic heterocycles. The standard InChI is InChI=1S/C14H19NO/c1-10-8-14(7-6-13(10)9-16)15(3)11(2)12-4-5-12/h6-9,11-12H,4-5H2,1-3H3. The third-order valence-electron chi connectivity index (χ3n) is 3.70. The molecule has 2 rings (SSSR count). The van der Waals surface area contributed by atoms with Gasteiger partial charge in [-0.25, -0.2) is 0 Å². The topological polar surface area (TPSA) is 20.3 Å². The van der Waals surface area contributed by atoms with Gasteiger partial charge < -0.3 is 4.90 Å². The van der Waals surface area contributed by atoms with Gasteiger partial charge in [0.2, 0.25) is 0 Å². The lowest BCUT2D eigenvalue weighted by atomic mass is 10.1. The van der Waals surface area contributed by atoms with Crippen LogP contribution in [-0.2, 0) is 0 Å². The number of anilines is 1. The normalized spacial score (nSPS) is 16.9. The van der Waals surface area contributed by atoms with E-state index in [4.69, 9.17) is 0 Å². The van der Waals surface area contributed by atoms with Crippen LogP contribution in [-0.4, -0.2) is 19.4 Å². The van der Waals surface area contributed by atoms with Gasteiger partial charge in [-0.3, -0.25) is 4.79 Å². The number of rotatable bonds is 4. The van der Waals surface area contributed by atoms with E-state index in [-0.39, 0.29) is 0 Å². The summed E-state index contributed by atoms with van der Waals surface area (Å²) in [5.41, 5.74) is 3.06. The van der Waals surface area contributed by atoms with Crippen LogP contribution in [0.4, 0.5) is 5.69 Å². The highest BCUT2D eigenvalue weighted by Crippen LogP contribution is 2.36. The second kappa shape index (κ2) is 4.28. The van der Waals surface area contributed by atoms with Crippen molar-refractivity contribution in [3.8, 4) is 0 Å². The SMILES string of the molecule is Cc1cc(N(C)C(C)C2CC2)ccc1C=O. The Balaban J connectivity index is 2.19. The average molecular weight is 217 g/mol. The van der Waals surface area contributed by atoms with Gasteiger partial charge in [-0.05, 0) is 56.4 Å². The van der Waals surface area contributed by atoms with Gasteiger partial charge in [0.05, 0.1) is 0 Å². The molecule has 16 heavy (non-hydrogen) atoms. The van der Waals surface area contributed by atoms with Gasteiger partial charge in [-0.2, -0.15) is 0 Å². The first-order valence-electron chi connectivity index (χ1n) is 5.92. The first-order chi connectivity index (χ1) is 7.63. The van der Waals surface area contributed by atoms with E-state index in [0.717, 1.165) is 23.3 Å². The molecule has 1 aliphatic rings. The zero-order chi connectivity index (χ0) is 11.7. The predicted molar refractivity (Wildman–Crippen MR) is 67.2 cm³/mol. The molecule has 1 saturated carbocycles. The van der Waals surface area contributed by atoms with Crippen LogP contribution in [0.5, 0.6) is 0 Å². The van der Waals surface area contributed by atoms with Crippen molar-refractivity contribution in [2.45, 2.75) is 32.7 Å². The molecule has 1 fully saturated rings. The number of aryl methyl sites for hydroxylation is 1. The molecule has 2 nitrogen and oxygen atoms in total. The summed E-state index contributed by atoms with van der Waals surface area (Å²) in [5, 5.41) is 0. The highest BCUT2D eigenvalue weighted by molar-refractivity contribution is 5.78. The molecular weight excluding hydrogens is 198 g/mol. The summed E-state index contributed by atoms with van der Waals surface area (Å²) in [6.07, 6.45) is 3.64. The number of hydrogen-bond donors (Lipinski definition) is 0. The van der Waals surface area contributed by atoms with Gasteiger partial charge in [-0.15, -0.1) is 0 Å². The summed E-state index contributed by atoms with van der Waals surface area (Å²) in [5.74, 6) is 0.857. The largest absolute Gasteiger partial charge is 0.372 e. The van der Waals surface area contributed by atoms with Crippen LogP contribution in [0.1, 0.15) is 35.7 Å². The van der Waals surface area contributed by atoms with Gasteiger partial charge >= 0.3 is 0 Å². The summed E-state index contributed by atoms with van der Waals surface area (Å²) in [6.45, 7) is 4.27. The maximum Gasteiger partial charge on any atom is 0.150 e. The number of carbonyl (C=O) groups excluding carboxylic acids is 1. The van der Waals surface area contributed by atoms with Crippen molar-refractivity contribution in [1.82, 2.24) is 0 Å². The van der Waals surface area contributed by atoms with Crippen molar-refractivity contribution in [2.24, 2.45) is 5.92 Å². The maximum atomic E-state index is 10.7. The Morgan fingerprint density at radius 3 is 2.62 bits per heavy atom. The fourth-order valence-electron chi connectivity index (χ4n) is 2.14. The van der Waals surface area contributed by atoms with E-state index in [1.54, 1.807) is 0 Å². The Hall–Kier alpha value is -1.31. The van der Waals surface area contributed by atoms with Crippen molar-refractivity contribution < 1.29 is 4.79 Å². The fraction of sp³-hybridized carbons (Fsp3) is 0.500. The van der Waals surface area contributed by atoms with Crippen molar-refractivity contribution in [1.29, 1.82) is 0 Å². The van der Waals surface area contributed by atoms with Crippen LogP contribution >= 0.6 is 0 Å². The first kappa shape index (κ1) is 11.2.